The van der Waals surface area contributed by atoms with Crippen molar-refractivity contribution in [2.24, 2.45) is 0 Å². The Hall–Kier alpha value is -4.12. The minimum absolute atomic E-state index is 0.0624. The second-order valence-corrected chi connectivity index (χ2v) is 12.8. The number of carbonyl (C=O) groups is 2. The lowest BCUT2D eigenvalue weighted by atomic mass is 10.1. The van der Waals surface area contributed by atoms with Gasteiger partial charge in [-0.2, -0.15) is 0 Å². The van der Waals surface area contributed by atoms with Crippen molar-refractivity contribution >= 4 is 27.5 Å². The zero-order chi connectivity index (χ0) is 31.2. The van der Waals surface area contributed by atoms with Crippen LogP contribution in [0.2, 0.25) is 0 Å². The molecule has 2 amide bonds. The minimum atomic E-state index is -4.38. The van der Waals surface area contributed by atoms with Crippen molar-refractivity contribution in [2.45, 2.75) is 57.6 Å². The first-order valence-corrected chi connectivity index (χ1v) is 14.8. The van der Waals surface area contributed by atoms with Gasteiger partial charge in [-0.1, -0.05) is 29.8 Å². The molecular weight excluding hydrogens is 561 g/mol. The number of ether oxygens (including phenoxy) is 2. The van der Waals surface area contributed by atoms with Gasteiger partial charge in [0.2, 0.25) is 11.8 Å². The number of benzene rings is 3. The molecule has 0 saturated heterocycles. The molecule has 0 aliphatic carbocycles. The number of rotatable bonds is 11. The molecule has 3 aromatic rings. The first-order chi connectivity index (χ1) is 19.7. The van der Waals surface area contributed by atoms with Crippen LogP contribution < -0.4 is 19.1 Å². The van der Waals surface area contributed by atoms with E-state index < -0.39 is 39.9 Å². The van der Waals surface area contributed by atoms with E-state index >= 15 is 0 Å². The van der Waals surface area contributed by atoms with Gasteiger partial charge in [0.15, 0.2) is 11.5 Å². The molecule has 0 heterocycles. The van der Waals surface area contributed by atoms with E-state index in [0.29, 0.717) is 5.75 Å². The highest BCUT2D eigenvalue weighted by Crippen LogP contribution is 2.32. The lowest BCUT2D eigenvalue weighted by Crippen LogP contribution is -2.54. The van der Waals surface area contributed by atoms with Crippen molar-refractivity contribution in [3.63, 3.8) is 0 Å². The normalized spacial score (nSPS) is 12.3. The molecule has 0 bridgehead atoms. The summed E-state index contributed by atoms with van der Waals surface area (Å²) in [7, 11) is -1.58. The second kappa shape index (κ2) is 13.2. The average Bonchev–Trinajstić information content (AvgIpc) is 2.93. The maximum Gasteiger partial charge on any atom is 0.264 e. The Bertz CT molecular complexity index is 1520. The van der Waals surface area contributed by atoms with E-state index in [-0.39, 0.29) is 28.8 Å². The molecule has 42 heavy (non-hydrogen) atoms. The van der Waals surface area contributed by atoms with Crippen LogP contribution in [0.15, 0.2) is 71.6 Å². The predicted octanol–water partition coefficient (Wildman–Crippen LogP) is 4.68. The Morgan fingerprint density at radius 3 is 2.17 bits per heavy atom. The van der Waals surface area contributed by atoms with Crippen LogP contribution in [-0.4, -0.2) is 57.5 Å². The lowest BCUT2D eigenvalue weighted by Gasteiger charge is -2.33. The zero-order valence-corrected chi connectivity index (χ0v) is 25.8. The Balaban J connectivity index is 2.08. The standard InChI is InChI=1S/C31H38FN3O6S/c1-21-9-8-10-23(17-21)19-34(22(2)30(37)33-31(3,4)5)29(36)20-35(25-13-11-24(32)12-14-25)42(38,39)26-15-16-27(40-6)28(18-26)41-7/h8-18,22H,19-20H2,1-7H3,(H,33,37)/t22-/m1/s1. The van der Waals surface area contributed by atoms with Gasteiger partial charge in [-0.25, -0.2) is 12.8 Å². The van der Waals surface area contributed by atoms with E-state index in [1.165, 1.54) is 49.5 Å². The smallest absolute Gasteiger partial charge is 0.264 e. The van der Waals surface area contributed by atoms with Gasteiger partial charge in [-0.15, -0.1) is 0 Å². The third-order valence-electron chi connectivity index (χ3n) is 6.44. The van der Waals surface area contributed by atoms with Gasteiger partial charge in [0.25, 0.3) is 10.0 Å². The van der Waals surface area contributed by atoms with Crippen LogP contribution in [0.25, 0.3) is 0 Å². The summed E-state index contributed by atoms with van der Waals surface area (Å²) in [5.41, 5.74) is 1.26. The topological polar surface area (TPSA) is 105 Å². The Morgan fingerprint density at radius 1 is 0.952 bits per heavy atom. The maximum absolute atomic E-state index is 14.0. The number of halogens is 1. The molecule has 1 N–H and O–H groups in total. The Kier molecular flexibility index (Phi) is 10.2. The molecule has 0 radical (unpaired) electrons. The number of aryl methyl sites for hydroxylation is 1. The van der Waals surface area contributed by atoms with Gasteiger partial charge in [0.05, 0.1) is 24.8 Å². The number of methoxy groups -OCH3 is 2. The van der Waals surface area contributed by atoms with Crippen molar-refractivity contribution < 1.29 is 31.9 Å². The summed E-state index contributed by atoms with van der Waals surface area (Å²) in [4.78, 5) is 28.4. The molecule has 1 atom stereocenters. The van der Waals surface area contributed by atoms with E-state index in [2.05, 4.69) is 5.32 Å². The number of hydrogen-bond donors (Lipinski definition) is 1. The Morgan fingerprint density at radius 2 is 1.60 bits per heavy atom. The second-order valence-electron chi connectivity index (χ2n) is 10.9. The molecule has 0 aliphatic heterocycles. The molecule has 3 rings (SSSR count). The quantitative estimate of drug-likeness (QED) is 0.343. The molecule has 0 saturated carbocycles. The van der Waals surface area contributed by atoms with Crippen molar-refractivity contribution in [1.82, 2.24) is 10.2 Å². The minimum Gasteiger partial charge on any atom is -0.493 e. The van der Waals surface area contributed by atoms with E-state index in [1.54, 1.807) is 6.92 Å². The fourth-order valence-corrected chi connectivity index (χ4v) is 5.73. The van der Waals surface area contributed by atoms with Crippen LogP contribution in [0.3, 0.4) is 0 Å². The van der Waals surface area contributed by atoms with Crippen LogP contribution in [0.4, 0.5) is 10.1 Å². The van der Waals surface area contributed by atoms with Crippen LogP contribution in [0.1, 0.15) is 38.8 Å². The fraction of sp³-hybridized carbons (Fsp3) is 0.355. The van der Waals surface area contributed by atoms with Gasteiger partial charge in [-0.3, -0.25) is 13.9 Å². The molecule has 11 heteroatoms. The summed E-state index contributed by atoms with van der Waals surface area (Å²) in [6.07, 6.45) is 0. The SMILES string of the molecule is COc1ccc(S(=O)(=O)N(CC(=O)N(Cc2cccc(C)c2)[C@H](C)C(=O)NC(C)(C)C)c2ccc(F)cc2)cc1OC. The number of carbonyl (C=O) groups excluding carboxylic acids is 2. The molecule has 0 spiro atoms. The monoisotopic (exact) mass is 599 g/mol. The largest absolute Gasteiger partial charge is 0.493 e. The third-order valence-corrected chi connectivity index (χ3v) is 8.21. The first-order valence-electron chi connectivity index (χ1n) is 13.3. The number of hydrogen-bond acceptors (Lipinski definition) is 6. The summed E-state index contributed by atoms with van der Waals surface area (Å²) in [5.74, 6) is -1.08. The van der Waals surface area contributed by atoms with Crippen LogP contribution >= 0.6 is 0 Å². The van der Waals surface area contributed by atoms with Crippen molar-refractivity contribution in [1.29, 1.82) is 0 Å². The van der Waals surface area contributed by atoms with Gasteiger partial charge >= 0.3 is 0 Å². The van der Waals surface area contributed by atoms with Gasteiger partial charge in [0, 0.05) is 18.2 Å². The van der Waals surface area contributed by atoms with E-state index in [0.717, 1.165) is 27.6 Å². The van der Waals surface area contributed by atoms with E-state index in [9.17, 15) is 22.4 Å². The Labute approximate surface area is 247 Å². The first kappa shape index (κ1) is 32.4. The lowest BCUT2D eigenvalue weighted by molar-refractivity contribution is -0.140. The summed E-state index contributed by atoms with van der Waals surface area (Å²) < 4.78 is 53.3. The third kappa shape index (κ3) is 8.00. The number of anilines is 1. The van der Waals surface area contributed by atoms with Crippen LogP contribution in [-0.2, 0) is 26.2 Å². The highest BCUT2D eigenvalue weighted by atomic mass is 32.2. The summed E-state index contributed by atoms with van der Waals surface area (Å²) >= 11 is 0. The molecule has 9 nitrogen and oxygen atoms in total. The predicted molar refractivity (Wildman–Crippen MR) is 160 cm³/mol. The average molecular weight is 600 g/mol. The van der Waals surface area contributed by atoms with Gasteiger partial charge in [0.1, 0.15) is 18.4 Å². The number of nitrogens with zero attached hydrogens (tertiary/aromatic N) is 2. The highest BCUT2D eigenvalue weighted by Gasteiger charge is 2.34. The van der Waals surface area contributed by atoms with Crippen LogP contribution in [0, 0.1) is 12.7 Å². The molecule has 0 aliphatic rings. The number of sulfonamides is 1. The highest BCUT2D eigenvalue weighted by molar-refractivity contribution is 7.92. The van der Waals surface area contributed by atoms with Crippen LogP contribution in [0.5, 0.6) is 11.5 Å². The summed E-state index contributed by atoms with van der Waals surface area (Å²) in [6.45, 7) is 8.41. The molecule has 0 unspecified atom stereocenters. The van der Waals surface area contributed by atoms with E-state index in [1.807, 2.05) is 52.0 Å². The number of amides is 2. The molecule has 0 aromatic heterocycles. The van der Waals surface area contributed by atoms with E-state index in [4.69, 9.17) is 9.47 Å². The molecule has 0 fully saturated rings. The van der Waals surface area contributed by atoms with Crippen molar-refractivity contribution in [2.75, 3.05) is 25.1 Å². The molecule has 226 valence electrons. The van der Waals surface area contributed by atoms with Crippen molar-refractivity contribution in [3.05, 3.63) is 83.7 Å². The maximum atomic E-state index is 14.0. The number of nitrogens with one attached hydrogen (secondary N) is 1. The molecule has 3 aromatic carbocycles. The zero-order valence-electron chi connectivity index (χ0n) is 25.0. The summed E-state index contributed by atoms with van der Waals surface area (Å²) in [5, 5.41) is 2.89. The van der Waals surface area contributed by atoms with Gasteiger partial charge in [-0.05, 0) is 76.6 Å². The summed E-state index contributed by atoms with van der Waals surface area (Å²) in [6, 6.07) is 15.4. The van der Waals surface area contributed by atoms with Crippen molar-refractivity contribution in [3.8, 4) is 11.5 Å². The fourth-order valence-electron chi connectivity index (χ4n) is 4.30. The van der Waals surface area contributed by atoms with Gasteiger partial charge < -0.3 is 19.7 Å². The molecular formula is C31H38FN3O6S.